The van der Waals surface area contributed by atoms with Crippen molar-refractivity contribution in [3.8, 4) is 0 Å². The van der Waals surface area contributed by atoms with Crippen molar-refractivity contribution in [3.05, 3.63) is 31.5 Å². The second kappa shape index (κ2) is 6.83. The molecule has 0 spiro atoms. The maximum absolute atomic E-state index is 12.6. The third-order valence-electron chi connectivity index (χ3n) is 3.77. The number of piperazine rings is 1. The lowest BCUT2D eigenvalue weighted by molar-refractivity contribution is 0.0702. The molecule has 1 aliphatic heterocycles. The molecule has 3 rings (SSSR count). The Labute approximate surface area is 157 Å². The molecule has 2 aromatic rings. The molecular formula is C14H16BrN3O3S3. The van der Waals surface area contributed by atoms with Crippen LogP contribution in [0.25, 0.3) is 0 Å². The molecule has 10 heteroatoms. The number of thiophene rings is 1. The van der Waals surface area contributed by atoms with Crippen LogP contribution in [-0.4, -0.2) is 54.7 Å². The van der Waals surface area contributed by atoms with Gasteiger partial charge in [-0.2, -0.15) is 4.31 Å². The molecule has 0 N–H and O–H groups in total. The van der Waals surface area contributed by atoms with E-state index in [2.05, 4.69) is 20.9 Å². The lowest BCUT2D eigenvalue weighted by Gasteiger charge is -2.33. The first-order valence-corrected chi connectivity index (χ1v) is 11.1. The Morgan fingerprint density at radius 3 is 2.33 bits per heavy atom. The number of aryl methyl sites for hydroxylation is 2. The number of carbonyl (C=O) groups is 1. The molecular weight excluding hydrogens is 434 g/mol. The van der Waals surface area contributed by atoms with Crippen molar-refractivity contribution in [1.29, 1.82) is 0 Å². The Morgan fingerprint density at radius 2 is 1.83 bits per heavy atom. The van der Waals surface area contributed by atoms with Crippen molar-refractivity contribution in [1.82, 2.24) is 14.2 Å². The Balaban J connectivity index is 1.70. The molecule has 1 amide bonds. The lowest BCUT2D eigenvalue weighted by Crippen LogP contribution is -2.50. The quantitative estimate of drug-likeness (QED) is 0.721. The summed E-state index contributed by atoms with van der Waals surface area (Å²) in [5, 5.41) is 0.861. The molecule has 0 radical (unpaired) electrons. The molecule has 0 unspecified atom stereocenters. The summed E-state index contributed by atoms with van der Waals surface area (Å²) in [6.07, 6.45) is 0. The number of sulfonamides is 1. The van der Waals surface area contributed by atoms with Crippen LogP contribution < -0.4 is 0 Å². The molecule has 0 aliphatic carbocycles. The summed E-state index contributed by atoms with van der Waals surface area (Å²) in [6.45, 7) is 5.09. The van der Waals surface area contributed by atoms with Crippen LogP contribution >= 0.6 is 38.6 Å². The molecule has 24 heavy (non-hydrogen) atoms. The molecule has 130 valence electrons. The second-order valence-corrected chi connectivity index (χ2v) is 11.2. The summed E-state index contributed by atoms with van der Waals surface area (Å²) < 4.78 is 27.8. The van der Waals surface area contributed by atoms with E-state index in [-0.39, 0.29) is 5.91 Å². The first kappa shape index (κ1) is 18.0. The highest BCUT2D eigenvalue weighted by molar-refractivity contribution is 9.11. The zero-order valence-corrected chi connectivity index (χ0v) is 17.2. The van der Waals surface area contributed by atoms with Gasteiger partial charge in [-0.3, -0.25) is 4.79 Å². The highest BCUT2D eigenvalue weighted by Gasteiger charge is 2.32. The number of amides is 1. The zero-order valence-electron chi connectivity index (χ0n) is 13.2. The largest absolute Gasteiger partial charge is 0.335 e. The number of rotatable bonds is 3. The van der Waals surface area contributed by atoms with E-state index in [0.717, 1.165) is 14.5 Å². The molecule has 0 bridgehead atoms. The Kier molecular flexibility index (Phi) is 5.12. The van der Waals surface area contributed by atoms with Crippen molar-refractivity contribution >= 4 is 54.5 Å². The van der Waals surface area contributed by atoms with Gasteiger partial charge >= 0.3 is 0 Å². The number of halogens is 1. The van der Waals surface area contributed by atoms with Crippen LogP contribution in [0.2, 0.25) is 0 Å². The van der Waals surface area contributed by atoms with E-state index >= 15 is 0 Å². The molecule has 6 nitrogen and oxygen atoms in total. The molecule has 1 fully saturated rings. The fourth-order valence-electron chi connectivity index (χ4n) is 2.57. The number of aromatic nitrogens is 1. The predicted molar refractivity (Wildman–Crippen MR) is 98.3 cm³/mol. The van der Waals surface area contributed by atoms with Gasteiger partial charge in [-0.1, -0.05) is 0 Å². The van der Waals surface area contributed by atoms with Crippen LogP contribution in [-0.2, 0) is 10.0 Å². The minimum atomic E-state index is -3.48. The highest BCUT2D eigenvalue weighted by Crippen LogP contribution is 2.29. The van der Waals surface area contributed by atoms with Gasteiger partial charge in [0, 0.05) is 26.2 Å². The van der Waals surface area contributed by atoms with Gasteiger partial charge in [0.25, 0.3) is 15.9 Å². The van der Waals surface area contributed by atoms with Crippen LogP contribution in [0.4, 0.5) is 0 Å². The van der Waals surface area contributed by atoms with Crippen LogP contribution in [0.5, 0.6) is 0 Å². The monoisotopic (exact) mass is 449 g/mol. The molecule has 0 saturated carbocycles. The Morgan fingerprint density at radius 1 is 1.17 bits per heavy atom. The minimum Gasteiger partial charge on any atom is -0.335 e. The van der Waals surface area contributed by atoms with Gasteiger partial charge in [-0.15, -0.1) is 22.7 Å². The summed E-state index contributed by atoms with van der Waals surface area (Å²) in [5.74, 6) is -0.0611. The number of hydrogen-bond donors (Lipinski definition) is 0. The van der Waals surface area contributed by atoms with E-state index < -0.39 is 10.0 Å². The highest BCUT2D eigenvalue weighted by atomic mass is 79.9. The van der Waals surface area contributed by atoms with E-state index in [1.807, 2.05) is 13.8 Å². The van der Waals surface area contributed by atoms with Crippen molar-refractivity contribution in [2.75, 3.05) is 26.2 Å². The molecule has 1 saturated heterocycles. The molecule has 0 atom stereocenters. The number of thiazole rings is 1. The van der Waals surface area contributed by atoms with E-state index in [0.29, 0.717) is 35.3 Å². The van der Waals surface area contributed by atoms with Crippen LogP contribution in [0.3, 0.4) is 0 Å². The summed E-state index contributed by atoms with van der Waals surface area (Å²) in [5.41, 5.74) is 0.737. The van der Waals surface area contributed by atoms with E-state index in [1.165, 1.54) is 27.0 Å². The maximum atomic E-state index is 12.6. The Bertz CT molecular complexity index is 867. The lowest BCUT2D eigenvalue weighted by atomic mass is 10.3. The topological polar surface area (TPSA) is 70.6 Å². The smallest absolute Gasteiger partial charge is 0.265 e. The third kappa shape index (κ3) is 3.43. The van der Waals surface area contributed by atoms with E-state index in [1.54, 1.807) is 17.0 Å². The Hall–Kier alpha value is -0.810. The molecule has 3 heterocycles. The van der Waals surface area contributed by atoms with Crippen molar-refractivity contribution in [3.63, 3.8) is 0 Å². The normalized spacial score (nSPS) is 16.5. The fraction of sp³-hybridized carbons (Fsp3) is 0.429. The summed E-state index contributed by atoms with van der Waals surface area (Å²) >= 11 is 5.87. The first-order valence-electron chi connectivity index (χ1n) is 7.28. The fourth-order valence-corrected chi connectivity index (χ4v) is 7.04. The SMILES string of the molecule is Cc1nc(C)c(C(=O)N2CCN(S(=O)(=O)c3ccc(Br)s3)CC2)s1. The van der Waals surface area contributed by atoms with Crippen LogP contribution in [0.15, 0.2) is 20.1 Å². The number of carbonyl (C=O) groups excluding carboxylic acids is 1. The van der Waals surface area contributed by atoms with E-state index in [4.69, 9.17) is 0 Å². The molecule has 0 aromatic carbocycles. The van der Waals surface area contributed by atoms with Gasteiger partial charge in [0.15, 0.2) is 0 Å². The standard InChI is InChI=1S/C14H16BrN3O3S3/c1-9-13(22-10(2)16-9)14(19)17-5-7-18(8-6-17)24(20,21)12-4-3-11(15)23-12/h3-4H,5-8H2,1-2H3. The molecule has 1 aliphatic rings. The number of hydrogen-bond acceptors (Lipinski definition) is 6. The summed E-state index contributed by atoms with van der Waals surface area (Å²) in [4.78, 5) is 19.2. The zero-order chi connectivity index (χ0) is 17.5. The van der Waals surface area contributed by atoms with Crippen LogP contribution in [0.1, 0.15) is 20.4 Å². The first-order chi connectivity index (χ1) is 11.3. The average Bonchev–Trinajstić information content (AvgIpc) is 3.12. The maximum Gasteiger partial charge on any atom is 0.265 e. The van der Waals surface area contributed by atoms with Gasteiger partial charge in [0.05, 0.1) is 14.5 Å². The van der Waals surface area contributed by atoms with Crippen LogP contribution in [0, 0.1) is 13.8 Å². The minimum absolute atomic E-state index is 0.0611. The summed E-state index contributed by atoms with van der Waals surface area (Å²) in [7, 11) is -3.48. The summed E-state index contributed by atoms with van der Waals surface area (Å²) in [6, 6.07) is 3.33. The predicted octanol–water partition coefficient (Wildman–Crippen LogP) is 2.73. The van der Waals surface area contributed by atoms with Gasteiger partial charge < -0.3 is 4.90 Å². The van der Waals surface area contributed by atoms with Crippen molar-refractivity contribution in [2.45, 2.75) is 18.1 Å². The van der Waals surface area contributed by atoms with Gasteiger partial charge in [0.1, 0.15) is 9.09 Å². The second-order valence-electron chi connectivity index (χ2n) is 5.40. The van der Waals surface area contributed by atoms with Gasteiger partial charge in [0.2, 0.25) is 0 Å². The van der Waals surface area contributed by atoms with Crippen molar-refractivity contribution in [2.24, 2.45) is 0 Å². The number of nitrogens with zero attached hydrogens (tertiary/aromatic N) is 3. The van der Waals surface area contributed by atoms with E-state index in [9.17, 15) is 13.2 Å². The van der Waals surface area contributed by atoms with Gasteiger partial charge in [-0.25, -0.2) is 13.4 Å². The molecule has 2 aromatic heterocycles. The van der Waals surface area contributed by atoms with Gasteiger partial charge in [-0.05, 0) is 41.9 Å². The van der Waals surface area contributed by atoms with Crippen molar-refractivity contribution < 1.29 is 13.2 Å². The third-order valence-corrected chi connectivity index (χ3v) is 8.82. The average molecular weight is 450 g/mol.